The fourth-order valence-electron chi connectivity index (χ4n) is 1.52. The Kier molecular flexibility index (Phi) is 4.54. The molecule has 1 aromatic heterocycles. The van der Waals surface area contributed by atoms with Crippen molar-refractivity contribution in [3.05, 3.63) is 11.9 Å². The second kappa shape index (κ2) is 5.69. The molecule has 6 heteroatoms. The van der Waals surface area contributed by atoms with Crippen LogP contribution in [0.3, 0.4) is 0 Å². The van der Waals surface area contributed by atoms with Crippen molar-refractivity contribution in [2.75, 3.05) is 20.8 Å². The summed E-state index contributed by atoms with van der Waals surface area (Å²) >= 11 is 0. The van der Waals surface area contributed by atoms with E-state index >= 15 is 0 Å². The molecule has 86 valence electrons. The number of nitrogens with one attached hydrogen (secondary N) is 1. The summed E-state index contributed by atoms with van der Waals surface area (Å²) in [5.74, 6) is 6.23. The first-order valence-electron chi connectivity index (χ1n) is 4.75. The zero-order valence-corrected chi connectivity index (χ0v) is 9.36. The molecule has 1 rings (SSSR count). The zero-order chi connectivity index (χ0) is 11.3. The van der Waals surface area contributed by atoms with Crippen LogP contribution in [-0.4, -0.2) is 30.6 Å². The van der Waals surface area contributed by atoms with Gasteiger partial charge in [0, 0.05) is 20.8 Å². The highest BCUT2D eigenvalue weighted by Gasteiger charge is 2.19. The van der Waals surface area contributed by atoms with Gasteiger partial charge in [-0.15, -0.1) is 0 Å². The first-order chi connectivity index (χ1) is 7.24. The Morgan fingerprint density at radius 1 is 1.60 bits per heavy atom. The molecule has 1 heterocycles. The Labute approximate surface area is 89.3 Å². The molecule has 0 fully saturated rings. The van der Waals surface area contributed by atoms with Crippen LogP contribution in [0.4, 0.5) is 0 Å². The van der Waals surface area contributed by atoms with Gasteiger partial charge in [0.15, 0.2) is 5.75 Å². The summed E-state index contributed by atoms with van der Waals surface area (Å²) in [4.78, 5) is 0. The van der Waals surface area contributed by atoms with Gasteiger partial charge in [0.05, 0.1) is 25.0 Å². The van der Waals surface area contributed by atoms with Gasteiger partial charge in [-0.2, -0.15) is 5.10 Å². The Balaban J connectivity index is 2.84. The normalized spacial score (nSPS) is 12.8. The SMILES string of the molecule is COCCC(NN)c1c(OC)cnn1C. The molecule has 0 bridgehead atoms. The largest absolute Gasteiger partial charge is 0.493 e. The van der Waals surface area contributed by atoms with E-state index in [1.54, 1.807) is 25.1 Å². The van der Waals surface area contributed by atoms with Crippen molar-refractivity contribution in [1.29, 1.82) is 0 Å². The summed E-state index contributed by atoms with van der Waals surface area (Å²) in [5.41, 5.74) is 3.66. The van der Waals surface area contributed by atoms with Gasteiger partial charge in [0.2, 0.25) is 0 Å². The van der Waals surface area contributed by atoms with Crippen molar-refractivity contribution in [3.8, 4) is 5.75 Å². The number of aromatic nitrogens is 2. The molecule has 0 radical (unpaired) electrons. The fraction of sp³-hybridized carbons (Fsp3) is 0.667. The van der Waals surface area contributed by atoms with E-state index in [0.717, 1.165) is 17.9 Å². The third-order valence-corrected chi connectivity index (χ3v) is 2.31. The van der Waals surface area contributed by atoms with Crippen molar-refractivity contribution >= 4 is 0 Å². The van der Waals surface area contributed by atoms with Crippen molar-refractivity contribution in [1.82, 2.24) is 15.2 Å². The summed E-state index contributed by atoms with van der Waals surface area (Å²) in [5, 5.41) is 4.12. The number of nitrogens with zero attached hydrogens (tertiary/aromatic N) is 2. The van der Waals surface area contributed by atoms with E-state index in [9.17, 15) is 0 Å². The first kappa shape index (κ1) is 12.0. The fourth-order valence-corrected chi connectivity index (χ4v) is 1.52. The molecule has 0 aliphatic carbocycles. The van der Waals surface area contributed by atoms with Crippen LogP contribution >= 0.6 is 0 Å². The minimum Gasteiger partial charge on any atom is -0.493 e. The lowest BCUT2D eigenvalue weighted by atomic mass is 10.1. The van der Waals surface area contributed by atoms with Crippen LogP contribution < -0.4 is 16.0 Å². The summed E-state index contributed by atoms with van der Waals surface area (Å²) < 4.78 is 12.0. The van der Waals surface area contributed by atoms with Crippen molar-refractivity contribution in [2.45, 2.75) is 12.5 Å². The number of nitrogens with two attached hydrogens (primary N) is 1. The molecule has 1 atom stereocenters. The van der Waals surface area contributed by atoms with E-state index in [4.69, 9.17) is 15.3 Å². The molecule has 0 aromatic carbocycles. The highest BCUT2D eigenvalue weighted by atomic mass is 16.5. The monoisotopic (exact) mass is 214 g/mol. The standard InChI is InChI=1S/C9H18N4O2/c1-13-9(8(15-3)6-11-13)7(12-10)4-5-14-2/h6-7,12H,4-5,10H2,1-3H3. The average Bonchev–Trinajstić information content (AvgIpc) is 2.62. The van der Waals surface area contributed by atoms with E-state index < -0.39 is 0 Å². The van der Waals surface area contributed by atoms with Crippen LogP contribution in [-0.2, 0) is 11.8 Å². The third-order valence-electron chi connectivity index (χ3n) is 2.31. The summed E-state index contributed by atoms with van der Waals surface area (Å²) in [7, 11) is 5.13. The quantitative estimate of drug-likeness (QED) is 0.514. The number of ether oxygens (including phenoxy) is 2. The van der Waals surface area contributed by atoms with E-state index in [1.807, 2.05) is 7.05 Å². The molecule has 0 amide bonds. The van der Waals surface area contributed by atoms with Crippen LogP contribution in [0.15, 0.2) is 6.20 Å². The van der Waals surface area contributed by atoms with Gasteiger partial charge in [0.25, 0.3) is 0 Å². The van der Waals surface area contributed by atoms with Gasteiger partial charge < -0.3 is 9.47 Å². The van der Waals surface area contributed by atoms with Gasteiger partial charge in [-0.1, -0.05) is 0 Å². The van der Waals surface area contributed by atoms with Crippen LogP contribution in [0.25, 0.3) is 0 Å². The summed E-state index contributed by atoms with van der Waals surface area (Å²) in [6, 6.07) is -0.0209. The average molecular weight is 214 g/mol. The molecule has 0 saturated carbocycles. The van der Waals surface area contributed by atoms with E-state index in [-0.39, 0.29) is 6.04 Å². The third kappa shape index (κ3) is 2.68. The van der Waals surface area contributed by atoms with Crippen molar-refractivity contribution < 1.29 is 9.47 Å². The van der Waals surface area contributed by atoms with E-state index in [1.165, 1.54) is 0 Å². The predicted octanol–water partition coefficient (Wildman–Crippen LogP) is -0.0304. The Bertz CT molecular complexity index is 300. The van der Waals surface area contributed by atoms with Gasteiger partial charge >= 0.3 is 0 Å². The highest BCUT2D eigenvalue weighted by molar-refractivity contribution is 5.27. The number of aryl methyl sites for hydroxylation is 1. The Morgan fingerprint density at radius 2 is 2.33 bits per heavy atom. The molecule has 15 heavy (non-hydrogen) atoms. The molecule has 0 aliphatic rings. The number of hydrogen-bond donors (Lipinski definition) is 2. The molecule has 1 aromatic rings. The van der Waals surface area contributed by atoms with Gasteiger partial charge in [0.1, 0.15) is 0 Å². The Morgan fingerprint density at radius 3 is 2.87 bits per heavy atom. The summed E-state index contributed by atoms with van der Waals surface area (Å²) in [6.07, 6.45) is 2.44. The van der Waals surface area contributed by atoms with E-state index in [2.05, 4.69) is 10.5 Å². The number of hydrazine groups is 1. The lowest BCUT2D eigenvalue weighted by Gasteiger charge is -2.17. The second-order valence-corrected chi connectivity index (χ2v) is 3.22. The second-order valence-electron chi connectivity index (χ2n) is 3.22. The molecule has 3 N–H and O–H groups in total. The van der Waals surface area contributed by atoms with Crippen LogP contribution in [0.5, 0.6) is 5.75 Å². The topological polar surface area (TPSA) is 74.3 Å². The number of methoxy groups -OCH3 is 2. The van der Waals surface area contributed by atoms with Crippen molar-refractivity contribution in [3.63, 3.8) is 0 Å². The zero-order valence-electron chi connectivity index (χ0n) is 9.36. The molecule has 6 nitrogen and oxygen atoms in total. The molecule has 1 unspecified atom stereocenters. The first-order valence-corrected chi connectivity index (χ1v) is 4.75. The minimum absolute atomic E-state index is 0.0209. The molecular formula is C9H18N4O2. The molecular weight excluding hydrogens is 196 g/mol. The number of rotatable bonds is 6. The minimum atomic E-state index is -0.0209. The lowest BCUT2D eigenvalue weighted by molar-refractivity contribution is 0.181. The lowest BCUT2D eigenvalue weighted by Crippen LogP contribution is -2.30. The summed E-state index contributed by atoms with van der Waals surface area (Å²) in [6.45, 7) is 0.628. The van der Waals surface area contributed by atoms with Gasteiger partial charge in [-0.25, -0.2) is 0 Å². The highest BCUT2D eigenvalue weighted by Crippen LogP contribution is 2.25. The van der Waals surface area contributed by atoms with Gasteiger partial charge in [-0.3, -0.25) is 16.0 Å². The maximum Gasteiger partial charge on any atom is 0.161 e. The van der Waals surface area contributed by atoms with Gasteiger partial charge in [-0.05, 0) is 6.42 Å². The molecule has 0 aliphatic heterocycles. The smallest absolute Gasteiger partial charge is 0.161 e. The Hall–Kier alpha value is -1.11. The maximum absolute atomic E-state index is 5.50. The van der Waals surface area contributed by atoms with Crippen LogP contribution in [0, 0.1) is 0 Å². The maximum atomic E-state index is 5.50. The predicted molar refractivity (Wildman–Crippen MR) is 56.3 cm³/mol. The molecule has 0 saturated heterocycles. The van der Waals surface area contributed by atoms with Crippen LogP contribution in [0.1, 0.15) is 18.2 Å². The number of hydrogen-bond acceptors (Lipinski definition) is 5. The van der Waals surface area contributed by atoms with Crippen molar-refractivity contribution in [2.24, 2.45) is 12.9 Å². The van der Waals surface area contributed by atoms with Crippen LogP contribution in [0.2, 0.25) is 0 Å². The van der Waals surface area contributed by atoms with E-state index in [0.29, 0.717) is 6.61 Å². The molecule has 0 spiro atoms.